The molecule has 0 aliphatic heterocycles. The van der Waals surface area contributed by atoms with Crippen LogP contribution in [0, 0.1) is 5.92 Å². The van der Waals surface area contributed by atoms with Gasteiger partial charge in [-0.15, -0.1) is 0 Å². The van der Waals surface area contributed by atoms with Crippen LogP contribution in [0.3, 0.4) is 0 Å². The Morgan fingerprint density at radius 1 is 1.50 bits per heavy atom. The van der Waals surface area contributed by atoms with E-state index in [1.807, 2.05) is 0 Å². The molecule has 0 unspecified atom stereocenters. The topological polar surface area (TPSA) is 32.6 Å². The Morgan fingerprint density at radius 2 is 2.17 bits per heavy atom. The molecule has 0 aromatic rings. The van der Waals surface area contributed by atoms with E-state index in [0.29, 0.717) is 5.92 Å². The van der Waals surface area contributed by atoms with Crippen molar-refractivity contribution in [3.63, 3.8) is 0 Å². The molecule has 0 heterocycles. The molecule has 1 N–H and O–H groups in total. The second kappa shape index (κ2) is 3.74. The zero-order valence-electron chi connectivity index (χ0n) is 8.09. The van der Waals surface area contributed by atoms with Crippen molar-refractivity contribution in [3.8, 4) is 0 Å². The van der Waals surface area contributed by atoms with Crippen molar-refractivity contribution >= 4 is 5.71 Å². The molecular formula is C10H17NO. The van der Waals surface area contributed by atoms with Gasteiger partial charge in [0.25, 0.3) is 0 Å². The molecule has 1 rings (SSSR count). The Bertz CT molecular complexity index is 224. The highest BCUT2D eigenvalue weighted by Gasteiger charge is 2.19. The molecule has 0 bridgehead atoms. The molecule has 1 saturated carbocycles. The zero-order valence-corrected chi connectivity index (χ0v) is 8.09. The normalized spacial score (nSPS) is 27.8. The molecule has 0 amide bonds. The van der Waals surface area contributed by atoms with E-state index in [4.69, 9.17) is 5.21 Å². The molecule has 2 heteroatoms. The van der Waals surface area contributed by atoms with E-state index < -0.39 is 0 Å². The van der Waals surface area contributed by atoms with Gasteiger partial charge in [0.15, 0.2) is 0 Å². The summed E-state index contributed by atoms with van der Waals surface area (Å²) >= 11 is 0. The summed E-state index contributed by atoms with van der Waals surface area (Å²) in [6.07, 6.45) is 3.22. The molecule has 0 radical (unpaired) electrons. The van der Waals surface area contributed by atoms with E-state index in [0.717, 1.165) is 18.6 Å². The molecule has 0 aromatic heterocycles. The Morgan fingerprint density at radius 3 is 2.67 bits per heavy atom. The van der Waals surface area contributed by atoms with Crippen LogP contribution in [0.4, 0.5) is 0 Å². The first-order valence-corrected chi connectivity index (χ1v) is 4.52. The Labute approximate surface area is 74.0 Å². The third-order valence-electron chi connectivity index (χ3n) is 2.50. The van der Waals surface area contributed by atoms with Gasteiger partial charge in [0.05, 0.1) is 5.71 Å². The minimum absolute atomic E-state index is 0.666. The molecule has 0 saturated heterocycles. The van der Waals surface area contributed by atoms with Crippen molar-refractivity contribution in [2.75, 3.05) is 0 Å². The smallest absolute Gasteiger partial charge is 0.0829 e. The lowest BCUT2D eigenvalue weighted by molar-refractivity contribution is 0.314. The van der Waals surface area contributed by atoms with E-state index in [1.165, 1.54) is 17.6 Å². The predicted octanol–water partition coefficient (Wildman–Crippen LogP) is 2.97. The van der Waals surface area contributed by atoms with Crippen molar-refractivity contribution in [1.29, 1.82) is 0 Å². The fourth-order valence-electron chi connectivity index (χ4n) is 1.73. The van der Waals surface area contributed by atoms with Gasteiger partial charge in [-0.2, -0.15) is 0 Å². The number of rotatable bonds is 0. The van der Waals surface area contributed by atoms with Gasteiger partial charge in [-0.05, 0) is 44.6 Å². The molecule has 0 aromatic carbocycles. The maximum absolute atomic E-state index is 8.78. The summed E-state index contributed by atoms with van der Waals surface area (Å²) in [5.41, 5.74) is 3.44. The molecular weight excluding hydrogens is 150 g/mol. The fraction of sp³-hybridized carbons (Fsp3) is 0.700. The summed E-state index contributed by atoms with van der Waals surface area (Å²) in [4.78, 5) is 0. The average Bonchev–Trinajstić information content (AvgIpc) is 2.03. The van der Waals surface area contributed by atoms with Gasteiger partial charge in [0.2, 0.25) is 0 Å². The van der Waals surface area contributed by atoms with Gasteiger partial charge in [-0.3, -0.25) is 0 Å². The third-order valence-corrected chi connectivity index (χ3v) is 2.50. The molecule has 1 aliphatic carbocycles. The summed E-state index contributed by atoms with van der Waals surface area (Å²) < 4.78 is 0. The first-order valence-electron chi connectivity index (χ1n) is 4.52. The number of nitrogens with zero attached hydrogens (tertiary/aromatic N) is 1. The van der Waals surface area contributed by atoms with E-state index in [1.54, 1.807) is 0 Å². The van der Waals surface area contributed by atoms with Crippen LogP contribution in [0.2, 0.25) is 0 Å². The van der Waals surface area contributed by atoms with E-state index in [-0.39, 0.29) is 0 Å². The second-order valence-corrected chi connectivity index (χ2v) is 3.87. The minimum atomic E-state index is 0.666. The van der Waals surface area contributed by atoms with Crippen LogP contribution in [-0.4, -0.2) is 10.9 Å². The number of oxime groups is 1. The highest BCUT2D eigenvalue weighted by atomic mass is 16.4. The van der Waals surface area contributed by atoms with Crippen LogP contribution in [0.5, 0.6) is 0 Å². The van der Waals surface area contributed by atoms with Crippen LogP contribution >= 0.6 is 0 Å². The molecule has 68 valence electrons. The SMILES string of the molecule is CC(C)=C1CC[C@@H](C)C/C1=N/O. The van der Waals surface area contributed by atoms with Gasteiger partial charge in [-0.25, -0.2) is 0 Å². The lowest BCUT2D eigenvalue weighted by Crippen LogP contribution is -2.16. The van der Waals surface area contributed by atoms with Crippen LogP contribution in [0.15, 0.2) is 16.3 Å². The summed E-state index contributed by atoms with van der Waals surface area (Å²) in [5.74, 6) is 0.666. The van der Waals surface area contributed by atoms with E-state index >= 15 is 0 Å². The molecule has 1 atom stereocenters. The highest BCUT2D eigenvalue weighted by Crippen LogP contribution is 2.27. The lowest BCUT2D eigenvalue weighted by Gasteiger charge is -2.22. The molecule has 0 spiro atoms. The van der Waals surface area contributed by atoms with Crippen LogP contribution < -0.4 is 0 Å². The first kappa shape index (κ1) is 9.30. The van der Waals surface area contributed by atoms with Crippen LogP contribution in [0.25, 0.3) is 0 Å². The van der Waals surface area contributed by atoms with Crippen molar-refractivity contribution in [3.05, 3.63) is 11.1 Å². The second-order valence-electron chi connectivity index (χ2n) is 3.87. The Kier molecular flexibility index (Phi) is 2.90. The fourth-order valence-corrected chi connectivity index (χ4v) is 1.73. The summed E-state index contributed by atoms with van der Waals surface area (Å²) in [6.45, 7) is 6.36. The van der Waals surface area contributed by atoms with E-state index in [9.17, 15) is 0 Å². The van der Waals surface area contributed by atoms with Crippen LogP contribution in [0.1, 0.15) is 40.0 Å². The Balaban J connectivity index is 2.85. The first-order chi connectivity index (χ1) is 5.65. The van der Waals surface area contributed by atoms with Gasteiger partial charge in [-0.1, -0.05) is 17.7 Å². The zero-order chi connectivity index (χ0) is 9.14. The van der Waals surface area contributed by atoms with Gasteiger partial charge in [0, 0.05) is 0 Å². The predicted molar refractivity (Wildman–Crippen MR) is 50.6 cm³/mol. The maximum atomic E-state index is 8.78. The van der Waals surface area contributed by atoms with Crippen molar-refractivity contribution in [2.24, 2.45) is 11.1 Å². The largest absolute Gasteiger partial charge is 0.411 e. The summed E-state index contributed by atoms with van der Waals surface area (Å²) in [7, 11) is 0. The molecule has 1 aliphatic rings. The lowest BCUT2D eigenvalue weighted by atomic mass is 9.84. The van der Waals surface area contributed by atoms with Crippen molar-refractivity contribution in [1.82, 2.24) is 0 Å². The molecule has 2 nitrogen and oxygen atoms in total. The maximum Gasteiger partial charge on any atom is 0.0829 e. The summed E-state index contributed by atoms with van der Waals surface area (Å²) in [5, 5.41) is 12.1. The number of hydrogen-bond donors (Lipinski definition) is 1. The average molecular weight is 167 g/mol. The van der Waals surface area contributed by atoms with Crippen molar-refractivity contribution in [2.45, 2.75) is 40.0 Å². The standard InChI is InChI=1S/C10H17NO/c1-7(2)9-5-4-8(3)6-10(9)11-12/h8,12H,4-6H2,1-3H3/b11-10-/t8-/m1/s1. The van der Waals surface area contributed by atoms with Crippen LogP contribution in [-0.2, 0) is 0 Å². The Hall–Kier alpha value is -0.790. The molecule has 12 heavy (non-hydrogen) atoms. The van der Waals surface area contributed by atoms with Gasteiger partial charge in [0.1, 0.15) is 0 Å². The van der Waals surface area contributed by atoms with E-state index in [2.05, 4.69) is 25.9 Å². The van der Waals surface area contributed by atoms with Gasteiger partial charge < -0.3 is 5.21 Å². The monoisotopic (exact) mass is 167 g/mol. The third kappa shape index (κ3) is 1.87. The summed E-state index contributed by atoms with van der Waals surface area (Å²) in [6, 6.07) is 0. The number of hydrogen-bond acceptors (Lipinski definition) is 2. The number of allylic oxidation sites excluding steroid dienone is 2. The van der Waals surface area contributed by atoms with Gasteiger partial charge >= 0.3 is 0 Å². The quantitative estimate of drug-likeness (QED) is 0.436. The van der Waals surface area contributed by atoms with Crippen molar-refractivity contribution < 1.29 is 5.21 Å². The highest BCUT2D eigenvalue weighted by molar-refractivity contribution is 6.01. The minimum Gasteiger partial charge on any atom is -0.411 e. The molecule has 1 fully saturated rings.